The molecule has 6 N–H and O–H groups in total. The van der Waals surface area contributed by atoms with Gasteiger partial charge in [-0.25, -0.2) is 0 Å². The minimum absolute atomic E-state index is 0.685. The van der Waals surface area contributed by atoms with Crippen molar-refractivity contribution in [3.63, 3.8) is 0 Å². The van der Waals surface area contributed by atoms with E-state index in [0.717, 1.165) is 19.8 Å². The van der Waals surface area contributed by atoms with E-state index in [2.05, 4.69) is 10.6 Å². The molecule has 9 heavy (non-hydrogen) atoms. The Morgan fingerprint density at radius 2 is 1.33 bits per heavy atom. The molecule has 0 aromatic carbocycles. The number of hydrogen-bond acceptors (Lipinski definition) is 4. The second-order valence-corrected chi connectivity index (χ2v) is 1.75. The van der Waals surface area contributed by atoms with Crippen LogP contribution in [0.4, 0.5) is 0 Å². The highest BCUT2D eigenvalue weighted by atomic mass is 15.1. The van der Waals surface area contributed by atoms with Crippen LogP contribution >= 0.6 is 0 Å². The molecular weight excluding hydrogens is 116 g/mol. The topological polar surface area (TPSA) is 76.1 Å². The molecule has 0 heterocycles. The maximum Gasteiger partial charge on any atom is 0.0455 e. The molecule has 0 aliphatic rings. The normalized spacial score (nSPS) is 10.0. The van der Waals surface area contributed by atoms with Gasteiger partial charge in [0, 0.05) is 32.8 Å². The molecule has 0 rings (SSSR count). The molecule has 4 nitrogen and oxygen atoms in total. The lowest BCUT2D eigenvalue weighted by Crippen LogP contribution is -2.35. The fraction of sp³-hybridized carbons (Fsp3) is 1.00. The maximum atomic E-state index is 5.23. The van der Waals surface area contributed by atoms with Gasteiger partial charge in [0.05, 0.1) is 0 Å². The van der Waals surface area contributed by atoms with Gasteiger partial charge in [0.15, 0.2) is 0 Å². The third-order valence-electron chi connectivity index (χ3n) is 0.892. The molecule has 0 saturated heterocycles. The fourth-order valence-electron chi connectivity index (χ4n) is 0.469. The zero-order valence-corrected chi connectivity index (χ0v) is 5.69. The van der Waals surface area contributed by atoms with Gasteiger partial charge in [-0.05, 0) is 0 Å². The van der Waals surface area contributed by atoms with Gasteiger partial charge < -0.3 is 22.1 Å². The molecule has 0 aromatic heterocycles. The van der Waals surface area contributed by atoms with E-state index in [1.807, 2.05) is 0 Å². The van der Waals surface area contributed by atoms with E-state index < -0.39 is 0 Å². The van der Waals surface area contributed by atoms with Crippen LogP contribution in [-0.4, -0.2) is 32.8 Å². The smallest absolute Gasteiger partial charge is 0.0455 e. The monoisotopic (exact) mass is 132 g/mol. The van der Waals surface area contributed by atoms with Crippen molar-refractivity contribution >= 4 is 0 Å². The van der Waals surface area contributed by atoms with Crippen LogP contribution in [0.25, 0.3) is 0 Å². The first kappa shape index (κ1) is 8.84. The molecule has 56 valence electrons. The summed E-state index contributed by atoms with van der Waals surface area (Å²) >= 11 is 0. The Labute approximate surface area is 56.0 Å². The van der Waals surface area contributed by atoms with E-state index in [1.54, 1.807) is 0 Å². The molecule has 0 atom stereocenters. The van der Waals surface area contributed by atoms with Gasteiger partial charge in [-0.3, -0.25) is 0 Å². The van der Waals surface area contributed by atoms with Crippen LogP contribution in [0.3, 0.4) is 0 Å². The number of hydrogen-bond donors (Lipinski definition) is 4. The molecule has 0 aromatic rings. The van der Waals surface area contributed by atoms with E-state index in [-0.39, 0.29) is 0 Å². The van der Waals surface area contributed by atoms with Crippen molar-refractivity contribution in [1.29, 1.82) is 0 Å². The summed E-state index contributed by atoms with van der Waals surface area (Å²) in [6.45, 7) is 3.89. The Morgan fingerprint density at radius 3 is 1.67 bits per heavy atom. The molecule has 0 spiro atoms. The molecule has 0 aliphatic carbocycles. The Balaban J connectivity index is 2.60. The van der Waals surface area contributed by atoms with Crippen molar-refractivity contribution in [1.82, 2.24) is 10.6 Å². The third kappa shape index (κ3) is 7.84. The van der Waals surface area contributed by atoms with E-state index in [9.17, 15) is 0 Å². The van der Waals surface area contributed by atoms with Gasteiger partial charge in [0.1, 0.15) is 0 Å². The Morgan fingerprint density at radius 1 is 0.889 bits per heavy atom. The summed E-state index contributed by atoms with van der Waals surface area (Å²) in [5, 5.41) is 6.16. The summed E-state index contributed by atoms with van der Waals surface area (Å²) in [4.78, 5) is 0. The van der Waals surface area contributed by atoms with Crippen LogP contribution < -0.4 is 22.1 Å². The Kier molecular flexibility index (Phi) is 7.70. The second kappa shape index (κ2) is 7.84. The number of rotatable bonds is 6. The Hall–Kier alpha value is -0.160. The van der Waals surface area contributed by atoms with Crippen LogP contribution in [0.5, 0.6) is 0 Å². The van der Waals surface area contributed by atoms with Gasteiger partial charge in [0.2, 0.25) is 0 Å². The molecule has 0 aliphatic heterocycles. The van der Waals surface area contributed by atoms with Crippen molar-refractivity contribution in [2.45, 2.75) is 0 Å². The summed E-state index contributed by atoms with van der Waals surface area (Å²) in [7, 11) is 0. The van der Waals surface area contributed by atoms with E-state index in [1.165, 1.54) is 0 Å². The summed E-state index contributed by atoms with van der Waals surface area (Å²) in [5.74, 6) is 0. The molecule has 0 radical (unpaired) electrons. The summed E-state index contributed by atoms with van der Waals surface area (Å²) in [6, 6.07) is 0. The summed E-state index contributed by atoms with van der Waals surface area (Å²) < 4.78 is 0. The van der Waals surface area contributed by atoms with Gasteiger partial charge in [-0.2, -0.15) is 0 Å². The maximum absolute atomic E-state index is 5.23. The van der Waals surface area contributed by atoms with Gasteiger partial charge in [-0.15, -0.1) is 0 Å². The second-order valence-electron chi connectivity index (χ2n) is 1.75. The molecular formula is C5H16N4. The van der Waals surface area contributed by atoms with E-state index >= 15 is 0 Å². The zero-order chi connectivity index (χ0) is 6.95. The molecule has 0 unspecified atom stereocenters. The predicted molar refractivity (Wildman–Crippen MR) is 39.0 cm³/mol. The molecule has 0 amide bonds. The van der Waals surface area contributed by atoms with Crippen LogP contribution in [0.2, 0.25) is 0 Å². The van der Waals surface area contributed by atoms with Gasteiger partial charge >= 0.3 is 0 Å². The van der Waals surface area contributed by atoms with Crippen LogP contribution in [0.15, 0.2) is 0 Å². The quantitative estimate of drug-likeness (QED) is 0.250. The largest absolute Gasteiger partial charge is 0.329 e. The van der Waals surface area contributed by atoms with Crippen LogP contribution in [0.1, 0.15) is 0 Å². The minimum atomic E-state index is 0.685. The van der Waals surface area contributed by atoms with Crippen LogP contribution in [-0.2, 0) is 0 Å². The minimum Gasteiger partial charge on any atom is -0.329 e. The number of nitrogens with one attached hydrogen (secondary N) is 2. The van der Waals surface area contributed by atoms with E-state index in [0.29, 0.717) is 13.1 Å². The molecule has 0 bridgehead atoms. The van der Waals surface area contributed by atoms with Crippen LogP contribution in [0, 0.1) is 0 Å². The Bertz CT molecular complexity index is 42.2. The summed E-state index contributed by atoms with van der Waals surface area (Å²) in [6.07, 6.45) is 0. The number of nitrogens with two attached hydrogens (primary N) is 2. The molecule has 0 saturated carbocycles. The van der Waals surface area contributed by atoms with Gasteiger partial charge in [-0.1, -0.05) is 0 Å². The third-order valence-corrected chi connectivity index (χ3v) is 0.892. The van der Waals surface area contributed by atoms with Crippen molar-refractivity contribution in [2.24, 2.45) is 11.5 Å². The highest BCUT2D eigenvalue weighted by molar-refractivity contribution is 4.46. The SMILES string of the molecule is NCCNCNCCN. The molecule has 0 fully saturated rings. The highest BCUT2D eigenvalue weighted by Gasteiger charge is 1.81. The van der Waals surface area contributed by atoms with E-state index in [4.69, 9.17) is 11.5 Å². The van der Waals surface area contributed by atoms with Crippen molar-refractivity contribution in [3.8, 4) is 0 Å². The van der Waals surface area contributed by atoms with Crippen molar-refractivity contribution in [3.05, 3.63) is 0 Å². The zero-order valence-electron chi connectivity index (χ0n) is 5.69. The first-order valence-electron chi connectivity index (χ1n) is 3.23. The summed E-state index contributed by atoms with van der Waals surface area (Å²) in [5.41, 5.74) is 10.5. The average molecular weight is 132 g/mol. The lowest BCUT2D eigenvalue weighted by Gasteiger charge is -2.02. The first-order valence-corrected chi connectivity index (χ1v) is 3.23. The standard InChI is InChI=1S/C5H16N4/c6-1-3-8-5-9-4-2-7/h8-9H,1-7H2. The molecule has 4 heteroatoms. The lowest BCUT2D eigenvalue weighted by atomic mass is 10.6. The van der Waals surface area contributed by atoms with Crippen molar-refractivity contribution < 1.29 is 0 Å². The predicted octanol–water partition coefficient (Wildman–Crippen LogP) is -1.96. The lowest BCUT2D eigenvalue weighted by molar-refractivity contribution is 0.592. The van der Waals surface area contributed by atoms with Gasteiger partial charge in [0.25, 0.3) is 0 Å². The fourth-order valence-corrected chi connectivity index (χ4v) is 0.469. The average Bonchev–Trinajstić information content (AvgIpc) is 1.89. The highest BCUT2D eigenvalue weighted by Crippen LogP contribution is 1.51. The van der Waals surface area contributed by atoms with Crippen molar-refractivity contribution in [2.75, 3.05) is 32.8 Å². The first-order chi connectivity index (χ1) is 4.41.